The van der Waals surface area contributed by atoms with Crippen molar-refractivity contribution < 1.29 is 23.8 Å². The second-order valence-corrected chi connectivity index (χ2v) is 16.0. The number of rotatable bonds is 12. The molecule has 2 amide bonds. The molecule has 7 nitrogen and oxygen atoms in total. The molecule has 2 aliphatic heterocycles. The number of ether oxygens (including phenoxy) is 3. The third-order valence-electron chi connectivity index (χ3n) is 5.80. The lowest BCUT2D eigenvalue weighted by Crippen LogP contribution is -2.45. The van der Waals surface area contributed by atoms with Crippen LogP contribution in [-0.2, 0) is 9.53 Å². The van der Waals surface area contributed by atoms with Gasteiger partial charge in [0.25, 0.3) is 11.8 Å². The summed E-state index contributed by atoms with van der Waals surface area (Å²) in [5.41, 5.74) is 0.923. The molecule has 2 aliphatic rings. The molecule has 182 valence electrons. The van der Waals surface area contributed by atoms with Crippen molar-refractivity contribution >= 4 is 41.5 Å². The Morgan fingerprint density at radius 1 is 1.09 bits per heavy atom. The van der Waals surface area contributed by atoms with Gasteiger partial charge in [0.05, 0.1) is 25.0 Å². The number of methoxy groups -OCH3 is 1. The van der Waals surface area contributed by atoms with E-state index in [-0.39, 0.29) is 18.5 Å². The number of hydrogen-bond donors (Lipinski definition) is 0. The van der Waals surface area contributed by atoms with Gasteiger partial charge in [0.2, 0.25) is 0 Å². The SMILES string of the molecule is COc1cc2c(cc1OCCCCCBr)N(COCC[Si](C)(C)C)C(=O)[C@@H]1CC=CN1C2=O. The minimum absolute atomic E-state index is 0.102. The molecule has 0 bridgehead atoms. The molecule has 0 N–H and O–H groups in total. The van der Waals surface area contributed by atoms with E-state index in [2.05, 4.69) is 35.6 Å². The average Bonchev–Trinajstić information content (AvgIpc) is 3.24. The molecule has 0 saturated carbocycles. The Labute approximate surface area is 206 Å². The van der Waals surface area contributed by atoms with Crippen LogP contribution in [0.1, 0.15) is 36.0 Å². The van der Waals surface area contributed by atoms with Crippen molar-refractivity contribution in [2.75, 3.05) is 37.3 Å². The third kappa shape index (κ3) is 6.39. The smallest absolute Gasteiger partial charge is 0.260 e. The summed E-state index contributed by atoms with van der Waals surface area (Å²) in [5, 5.41) is 0.970. The zero-order valence-corrected chi connectivity index (χ0v) is 22.7. The number of amides is 2. The first kappa shape index (κ1) is 25.8. The molecule has 0 unspecified atom stereocenters. The summed E-state index contributed by atoms with van der Waals surface area (Å²) in [6.07, 6.45) is 7.10. The molecule has 0 spiro atoms. The predicted molar refractivity (Wildman–Crippen MR) is 136 cm³/mol. The van der Waals surface area contributed by atoms with E-state index in [9.17, 15) is 9.59 Å². The van der Waals surface area contributed by atoms with Gasteiger partial charge in [-0.25, -0.2) is 0 Å². The van der Waals surface area contributed by atoms with E-state index in [4.69, 9.17) is 14.2 Å². The van der Waals surface area contributed by atoms with Crippen LogP contribution in [0, 0.1) is 0 Å². The van der Waals surface area contributed by atoms with Crippen molar-refractivity contribution in [3.8, 4) is 11.5 Å². The Bertz CT molecular complexity index is 886. The highest BCUT2D eigenvalue weighted by Crippen LogP contribution is 2.39. The van der Waals surface area contributed by atoms with Gasteiger partial charge in [0, 0.05) is 32.3 Å². The number of fused-ring (bicyclic) bond motifs is 2. The lowest BCUT2D eigenvalue weighted by molar-refractivity contribution is -0.123. The minimum Gasteiger partial charge on any atom is -0.493 e. The van der Waals surface area contributed by atoms with E-state index < -0.39 is 14.1 Å². The molecule has 0 fully saturated rings. The molecule has 1 aromatic rings. The van der Waals surface area contributed by atoms with Crippen LogP contribution in [0.25, 0.3) is 0 Å². The number of hydrogen-bond acceptors (Lipinski definition) is 5. The molecule has 1 atom stereocenters. The van der Waals surface area contributed by atoms with Crippen LogP contribution in [0.4, 0.5) is 5.69 Å². The van der Waals surface area contributed by atoms with E-state index in [0.717, 1.165) is 30.6 Å². The van der Waals surface area contributed by atoms with Crippen LogP contribution in [-0.4, -0.2) is 63.2 Å². The first-order valence-electron chi connectivity index (χ1n) is 11.6. The van der Waals surface area contributed by atoms with Crippen molar-refractivity contribution in [2.45, 2.75) is 57.4 Å². The number of benzene rings is 1. The molecule has 2 heterocycles. The molecule has 3 rings (SSSR count). The van der Waals surface area contributed by atoms with Crippen molar-refractivity contribution in [3.63, 3.8) is 0 Å². The Hall–Kier alpha value is -1.84. The van der Waals surface area contributed by atoms with Crippen LogP contribution in [0.15, 0.2) is 24.4 Å². The summed E-state index contributed by atoms with van der Waals surface area (Å²) in [6.45, 7) is 8.09. The predicted octanol–water partition coefficient (Wildman–Crippen LogP) is 5.03. The number of carbonyl (C=O) groups is 2. The molecule has 1 aromatic carbocycles. The average molecular weight is 540 g/mol. The normalized spacial score (nSPS) is 17.8. The molecule has 0 saturated heterocycles. The number of anilines is 1. The summed E-state index contributed by atoms with van der Waals surface area (Å²) in [4.78, 5) is 29.9. The van der Waals surface area contributed by atoms with Gasteiger partial charge in [-0.15, -0.1) is 0 Å². The molecule has 0 aliphatic carbocycles. The van der Waals surface area contributed by atoms with E-state index in [1.165, 1.54) is 4.90 Å². The summed E-state index contributed by atoms with van der Waals surface area (Å²) < 4.78 is 17.5. The molecule has 0 aromatic heterocycles. The largest absolute Gasteiger partial charge is 0.493 e. The number of nitrogens with zero attached hydrogens (tertiary/aromatic N) is 2. The van der Waals surface area contributed by atoms with E-state index in [1.807, 2.05) is 6.08 Å². The molecule has 0 radical (unpaired) electrons. The highest BCUT2D eigenvalue weighted by atomic mass is 79.9. The maximum Gasteiger partial charge on any atom is 0.260 e. The maximum atomic E-state index is 13.5. The number of halogens is 1. The van der Waals surface area contributed by atoms with Gasteiger partial charge < -0.3 is 19.1 Å². The van der Waals surface area contributed by atoms with Crippen LogP contribution in [0.5, 0.6) is 11.5 Å². The molecular formula is C24H35BrN2O5Si. The molecular weight excluding hydrogens is 504 g/mol. The maximum absolute atomic E-state index is 13.5. The molecule has 33 heavy (non-hydrogen) atoms. The van der Waals surface area contributed by atoms with Gasteiger partial charge in [-0.3, -0.25) is 14.5 Å². The summed E-state index contributed by atoms with van der Waals surface area (Å²) in [5.74, 6) is 0.647. The van der Waals surface area contributed by atoms with E-state index >= 15 is 0 Å². The standard InChI is InChI=1S/C24H35BrN2O5Si/c1-30-21-15-18-20(16-22(21)32-12-7-5-6-10-25)27(17-31-13-14-33(2,3)4)24(29)19-9-8-11-26(19)23(18)28/h8,11,15-16,19H,5-7,9-10,12-14,17H2,1-4H3/t19-/m0/s1. The monoisotopic (exact) mass is 538 g/mol. The van der Waals surface area contributed by atoms with Crippen LogP contribution in [0.3, 0.4) is 0 Å². The van der Waals surface area contributed by atoms with Crippen LogP contribution in [0.2, 0.25) is 25.7 Å². The van der Waals surface area contributed by atoms with Crippen LogP contribution >= 0.6 is 15.9 Å². The van der Waals surface area contributed by atoms with Crippen molar-refractivity contribution in [3.05, 3.63) is 30.0 Å². The quantitative estimate of drug-likeness (QED) is 0.212. The van der Waals surface area contributed by atoms with Crippen LogP contribution < -0.4 is 14.4 Å². The summed E-state index contributed by atoms with van der Waals surface area (Å²) in [6, 6.07) is 3.89. The zero-order valence-electron chi connectivity index (χ0n) is 20.1. The van der Waals surface area contributed by atoms with Gasteiger partial charge in [-0.1, -0.05) is 41.6 Å². The van der Waals surface area contributed by atoms with Gasteiger partial charge in [0.1, 0.15) is 12.8 Å². The third-order valence-corrected chi connectivity index (χ3v) is 8.07. The van der Waals surface area contributed by atoms with E-state index in [0.29, 0.717) is 42.4 Å². The lowest BCUT2D eigenvalue weighted by atomic mass is 10.1. The first-order chi connectivity index (χ1) is 15.8. The fraction of sp³-hybridized carbons (Fsp3) is 0.583. The van der Waals surface area contributed by atoms with Crippen molar-refractivity contribution in [2.24, 2.45) is 0 Å². The summed E-state index contributed by atoms with van der Waals surface area (Å²) >= 11 is 3.44. The lowest BCUT2D eigenvalue weighted by Gasteiger charge is -2.26. The topological polar surface area (TPSA) is 68.3 Å². The van der Waals surface area contributed by atoms with Gasteiger partial charge in [-0.05, 0) is 37.8 Å². The number of alkyl halides is 1. The zero-order chi connectivity index (χ0) is 24.0. The van der Waals surface area contributed by atoms with Gasteiger partial charge in [0.15, 0.2) is 11.5 Å². The minimum atomic E-state index is -1.26. The molecule has 9 heteroatoms. The highest BCUT2D eigenvalue weighted by Gasteiger charge is 2.41. The fourth-order valence-electron chi connectivity index (χ4n) is 3.83. The van der Waals surface area contributed by atoms with Crippen molar-refractivity contribution in [1.82, 2.24) is 4.90 Å². The first-order valence-corrected chi connectivity index (χ1v) is 16.4. The number of unbranched alkanes of at least 4 members (excludes halogenated alkanes) is 2. The van der Waals surface area contributed by atoms with Crippen molar-refractivity contribution in [1.29, 1.82) is 0 Å². The van der Waals surface area contributed by atoms with Gasteiger partial charge >= 0.3 is 0 Å². The summed E-state index contributed by atoms with van der Waals surface area (Å²) in [7, 11) is 0.296. The Morgan fingerprint density at radius 3 is 2.58 bits per heavy atom. The van der Waals surface area contributed by atoms with E-state index in [1.54, 1.807) is 30.3 Å². The fourth-order valence-corrected chi connectivity index (χ4v) is 4.98. The van der Waals surface area contributed by atoms with Gasteiger partial charge in [-0.2, -0.15) is 0 Å². The Kier molecular flexibility index (Phi) is 9.00. The Morgan fingerprint density at radius 2 is 1.88 bits per heavy atom. The second-order valence-electron chi connectivity index (χ2n) is 9.58. The number of carbonyl (C=O) groups excluding carboxylic acids is 2. The highest BCUT2D eigenvalue weighted by molar-refractivity contribution is 9.09. The second kappa shape index (κ2) is 11.5. The Balaban J connectivity index is 1.89.